The molecule has 0 spiro atoms. The second-order valence-electron chi connectivity index (χ2n) is 7.42. The van der Waals surface area contributed by atoms with E-state index in [0.717, 1.165) is 38.2 Å². The van der Waals surface area contributed by atoms with Crippen molar-refractivity contribution in [1.82, 2.24) is 13.9 Å². The molecule has 1 aromatic carbocycles. The number of aromatic nitrogens is 2. The molecule has 0 aliphatic carbocycles. The first kappa shape index (κ1) is 20.2. The molecule has 0 amide bonds. The highest BCUT2D eigenvalue weighted by Gasteiger charge is 2.24. The van der Waals surface area contributed by atoms with Crippen LogP contribution in [0.25, 0.3) is 11.0 Å². The van der Waals surface area contributed by atoms with Gasteiger partial charge in [-0.15, -0.1) is 0 Å². The van der Waals surface area contributed by atoms with Crippen molar-refractivity contribution >= 4 is 32.4 Å². The van der Waals surface area contributed by atoms with E-state index in [9.17, 15) is 8.42 Å². The van der Waals surface area contributed by atoms with Crippen LogP contribution in [0.1, 0.15) is 19.3 Å². The number of nitrogens with two attached hydrogens (primary N) is 1. The summed E-state index contributed by atoms with van der Waals surface area (Å²) in [6.45, 7) is 2.62. The average molecular weight is 425 g/mol. The molecule has 3 N–H and O–H groups in total. The summed E-state index contributed by atoms with van der Waals surface area (Å²) in [4.78, 5) is 6.81. The summed E-state index contributed by atoms with van der Waals surface area (Å²) in [6.07, 6.45) is 5.42. The number of anilines is 2. The summed E-state index contributed by atoms with van der Waals surface area (Å²) in [5.41, 5.74) is 7.76. The molecule has 156 valence electrons. The molecule has 0 saturated carbocycles. The number of nitriles is 1. The van der Waals surface area contributed by atoms with Crippen LogP contribution in [0, 0.1) is 11.3 Å². The van der Waals surface area contributed by atoms with Gasteiger partial charge in [-0.25, -0.2) is 17.4 Å². The van der Waals surface area contributed by atoms with E-state index in [1.54, 1.807) is 36.4 Å². The highest BCUT2D eigenvalue weighted by molar-refractivity contribution is 7.90. The van der Waals surface area contributed by atoms with E-state index in [0.29, 0.717) is 23.1 Å². The summed E-state index contributed by atoms with van der Waals surface area (Å²) in [5, 5.41) is 12.9. The Morgan fingerprint density at radius 1 is 1.20 bits per heavy atom. The SMILES string of the molecule is N#CCCN1CCC(Nc2c(N)cnc3c2ccn3S(=O)(=O)c2ccccc2)CC1. The molecule has 0 atom stereocenters. The van der Waals surface area contributed by atoms with Gasteiger partial charge in [0.05, 0.1) is 28.5 Å². The smallest absolute Gasteiger partial charge is 0.269 e. The Bertz CT molecular complexity index is 1180. The number of pyridine rings is 1. The molecule has 1 fully saturated rings. The maximum absolute atomic E-state index is 13.1. The van der Waals surface area contributed by atoms with Crippen LogP contribution in [0.15, 0.2) is 53.7 Å². The van der Waals surface area contributed by atoms with Crippen molar-refractivity contribution in [3.05, 3.63) is 48.8 Å². The fourth-order valence-corrected chi connectivity index (χ4v) is 5.18. The third kappa shape index (κ3) is 3.84. The van der Waals surface area contributed by atoms with Gasteiger partial charge in [-0.3, -0.25) is 0 Å². The van der Waals surface area contributed by atoms with E-state index in [4.69, 9.17) is 11.0 Å². The number of benzene rings is 1. The highest BCUT2D eigenvalue weighted by Crippen LogP contribution is 2.32. The van der Waals surface area contributed by atoms with Crippen LogP contribution >= 0.6 is 0 Å². The van der Waals surface area contributed by atoms with Gasteiger partial charge in [0.1, 0.15) is 0 Å². The number of piperidine rings is 1. The van der Waals surface area contributed by atoms with Gasteiger partial charge < -0.3 is 16.0 Å². The van der Waals surface area contributed by atoms with Gasteiger partial charge in [0.25, 0.3) is 10.0 Å². The number of nitrogen functional groups attached to an aromatic ring is 1. The summed E-state index contributed by atoms with van der Waals surface area (Å²) in [6, 6.07) is 12.5. The first-order chi connectivity index (χ1) is 14.5. The number of rotatable bonds is 6. The number of hydrogen-bond acceptors (Lipinski definition) is 7. The molecule has 0 bridgehead atoms. The van der Waals surface area contributed by atoms with Crippen LogP contribution in [0.3, 0.4) is 0 Å². The van der Waals surface area contributed by atoms with Crippen LogP contribution in [-0.2, 0) is 10.0 Å². The topological polar surface area (TPSA) is 117 Å². The van der Waals surface area contributed by atoms with E-state index in [1.165, 1.54) is 16.4 Å². The Hall–Kier alpha value is -3.09. The van der Waals surface area contributed by atoms with E-state index in [-0.39, 0.29) is 10.9 Å². The van der Waals surface area contributed by atoms with Crippen molar-refractivity contribution in [3.8, 4) is 6.07 Å². The Balaban J connectivity index is 1.60. The third-order valence-electron chi connectivity index (χ3n) is 5.49. The van der Waals surface area contributed by atoms with Gasteiger partial charge >= 0.3 is 0 Å². The van der Waals surface area contributed by atoms with Crippen LogP contribution in [-0.4, -0.2) is 48.0 Å². The molecule has 8 nitrogen and oxygen atoms in total. The largest absolute Gasteiger partial charge is 0.396 e. The zero-order valence-corrected chi connectivity index (χ0v) is 17.3. The summed E-state index contributed by atoms with van der Waals surface area (Å²) >= 11 is 0. The van der Waals surface area contributed by atoms with E-state index < -0.39 is 10.0 Å². The van der Waals surface area contributed by atoms with Crippen molar-refractivity contribution in [3.63, 3.8) is 0 Å². The van der Waals surface area contributed by atoms with E-state index in [1.807, 2.05) is 0 Å². The Morgan fingerprint density at radius 3 is 2.63 bits per heavy atom. The third-order valence-corrected chi connectivity index (χ3v) is 7.17. The fraction of sp³-hybridized carbons (Fsp3) is 0.333. The van der Waals surface area contributed by atoms with E-state index in [2.05, 4.69) is 21.3 Å². The first-order valence-electron chi connectivity index (χ1n) is 9.92. The normalized spacial score (nSPS) is 15.8. The van der Waals surface area contributed by atoms with Gasteiger partial charge in [-0.05, 0) is 31.0 Å². The lowest BCUT2D eigenvalue weighted by atomic mass is 10.0. The molecule has 2 aromatic heterocycles. The summed E-state index contributed by atoms with van der Waals surface area (Å²) in [5.74, 6) is 0. The monoisotopic (exact) mass is 424 g/mol. The molecule has 1 aliphatic rings. The zero-order valence-electron chi connectivity index (χ0n) is 16.5. The minimum atomic E-state index is -3.75. The van der Waals surface area contributed by atoms with Crippen molar-refractivity contribution in [1.29, 1.82) is 5.26 Å². The average Bonchev–Trinajstić information content (AvgIpc) is 3.21. The van der Waals surface area contributed by atoms with Crippen LogP contribution in [0.5, 0.6) is 0 Å². The Morgan fingerprint density at radius 2 is 1.93 bits per heavy atom. The van der Waals surface area contributed by atoms with Crippen molar-refractivity contribution in [2.75, 3.05) is 30.7 Å². The maximum Gasteiger partial charge on any atom is 0.269 e. The lowest BCUT2D eigenvalue weighted by molar-refractivity contribution is 0.223. The molecule has 9 heteroatoms. The fourth-order valence-electron chi connectivity index (χ4n) is 3.85. The maximum atomic E-state index is 13.1. The Labute approximate surface area is 176 Å². The number of likely N-dealkylation sites (tertiary alicyclic amines) is 1. The predicted molar refractivity (Wildman–Crippen MR) is 116 cm³/mol. The summed E-state index contributed by atoms with van der Waals surface area (Å²) < 4.78 is 27.3. The zero-order chi connectivity index (χ0) is 21.1. The van der Waals surface area contributed by atoms with Crippen molar-refractivity contribution in [2.24, 2.45) is 0 Å². The second kappa shape index (κ2) is 8.34. The lowest BCUT2D eigenvalue weighted by Crippen LogP contribution is -2.39. The van der Waals surface area contributed by atoms with Gasteiger partial charge in [0.15, 0.2) is 5.65 Å². The molecule has 30 heavy (non-hydrogen) atoms. The molecule has 0 radical (unpaired) electrons. The van der Waals surface area contributed by atoms with Crippen molar-refractivity contribution < 1.29 is 8.42 Å². The number of hydrogen-bond donors (Lipinski definition) is 2. The highest BCUT2D eigenvalue weighted by atomic mass is 32.2. The van der Waals surface area contributed by atoms with Crippen LogP contribution < -0.4 is 11.1 Å². The quantitative estimate of drug-likeness (QED) is 0.625. The molecular formula is C21H24N6O2S. The second-order valence-corrected chi connectivity index (χ2v) is 9.24. The molecule has 0 unspecified atom stereocenters. The number of nitrogens with one attached hydrogen (secondary N) is 1. The standard InChI is InChI=1S/C21H24N6O2S/c22-10-4-11-26-12-7-16(8-13-26)25-20-18-9-14-27(21(18)24-15-19(20)23)30(28,29)17-5-2-1-3-6-17/h1-3,5-6,9,14-16H,4,7-8,11-13,23H2,(H,24,25). The van der Waals surface area contributed by atoms with Crippen molar-refractivity contribution in [2.45, 2.75) is 30.2 Å². The van der Waals surface area contributed by atoms with Gasteiger partial charge in [0, 0.05) is 43.7 Å². The van der Waals surface area contributed by atoms with Gasteiger partial charge in [0.2, 0.25) is 0 Å². The molecule has 3 aromatic rings. The lowest BCUT2D eigenvalue weighted by Gasteiger charge is -2.32. The van der Waals surface area contributed by atoms with Gasteiger partial charge in [-0.1, -0.05) is 18.2 Å². The predicted octanol–water partition coefficient (Wildman–Crippen LogP) is 2.65. The number of fused-ring (bicyclic) bond motifs is 1. The molecule has 3 heterocycles. The Kier molecular flexibility index (Phi) is 5.61. The minimum Gasteiger partial charge on any atom is -0.396 e. The number of nitrogens with zero attached hydrogens (tertiary/aromatic N) is 4. The van der Waals surface area contributed by atoms with E-state index >= 15 is 0 Å². The molecule has 1 saturated heterocycles. The van der Waals surface area contributed by atoms with Gasteiger partial charge in [-0.2, -0.15) is 5.26 Å². The first-order valence-corrected chi connectivity index (χ1v) is 11.4. The van der Waals surface area contributed by atoms with Crippen LogP contribution in [0.2, 0.25) is 0 Å². The molecular weight excluding hydrogens is 400 g/mol. The molecule has 1 aliphatic heterocycles. The summed E-state index contributed by atoms with van der Waals surface area (Å²) in [7, 11) is -3.75. The van der Waals surface area contributed by atoms with Crippen LogP contribution in [0.4, 0.5) is 11.4 Å². The molecule has 4 rings (SSSR count). The minimum absolute atomic E-state index is 0.209.